The number of aryl methyl sites for hydroxylation is 2. The molecule has 2 heterocycles. The second-order valence-corrected chi connectivity index (χ2v) is 7.63. The van der Waals surface area contributed by atoms with E-state index in [0.717, 1.165) is 21.5 Å². The molecule has 2 aromatic heterocycles. The van der Waals surface area contributed by atoms with Crippen LogP contribution >= 0.6 is 34.5 Å². The number of nitrogens with one attached hydrogen (secondary N) is 1. The normalized spacial score (nSPS) is 12.5. The van der Waals surface area contributed by atoms with Gasteiger partial charge in [0.25, 0.3) is 5.91 Å². The van der Waals surface area contributed by atoms with Crippen molar-refractivity contribution in [2.75, 3.05) is 6.54 Å². The first-order valence-electron chi connectivity index (χ1n) is 7.53. The Balaban J connectivity index is 1.73. The number of halogens is 2. The number of carbonyl (C=O) groups excluding carboxylic acids is 1. The van der Waals surface area contributed by atoms with Gasteiger partial charge in [-0.1, -0.05) is 36.2 Å². The lowest BCUT2D eigenvalue weighted by Crippen LogP contribution is -2.27. The average molecular weight is 382 g/mol. The Morgan fingerprint density at radius 3 is 2.67 bits per heavy atom. The van der Waals surface area contributed by atoms with Crippen molar-refractivity contribution in [3.63, 3.8) is 0 Å². The van der Waals surface area contributed by atoms with E-state index in [1.165, 1.54) is 11.3 Å². The number of aromatic nitrogens is 2. The van der Waals surface area contributed by atoms with Gasteiger partial charge in [0.2, 0.25) is 0 Å². The van der Waals surface area contributed by atoms with Crippen molar-refractivity contribution >= 4 is 50.7 Å². The predicted molar refractivity (Wildman–Crippen MR) is 101 cm³/mol. The number of nitrogens with zero attached hydrogens (tertiary/aromatic N) is 2. The van der Waals surface area contributed by atoms with Crippen LogP contribution in [0.15, 0.2) is 24.3 Å². The fourth-order valence-corrected chi connectivity index (χ4v) is 4.54. The summed E-state index contributed by atoms with van der Waals surface area (Å²) in [6.45, 7) is 4.40. The third-order valence-electron chi connectivity index (χ3n) is 3.98. The van der Waals surface area contributed by atoms with Crippen LogP contribution in [0.4, 0.5) is 0 Å². The first kappa shape index (κ1) is 17.3. The topological polar surface area (TPSA) is 46.9 Å². The smallest absolute Gasteiger partial charge is 0.261 e. The van der Waals surface area contributed by atoms with Crippen LogP contribution in [-0.2, 0) is 7.05 Å². The molecule has 1 atom stereocenters. The third-order valence-corrected chi connectivity index (χ3v) is 5.84. The number of fused-ring (bicyclic) bond motifs is 1. The molecule has 0 aliphatic heterocycles. The molecule has 0 spiro atoms. The largest absolute Gasteiger partial charge is 0.351 e. The molecule has 126 valence electrons. The molecule has 3 rings (SSSR count). The van der Waals surface area contributed by atoms with Crippen LogP contribution in [0.3, 0.4) is 0 Å². The second kappa shape index (κ2) is 6.75. The van der Waals surface area contributed by atoms with Crippen LogP contribution in [0.5, 0.6) is 0 Å². The molecule has 1 aromatic carbocycles. The van der Waals surface area contributed by atoms with Gasteiger partial charge in [-0.3, -0.25) is 9.48 Å². The van der Waals surface area contributed by atoms with Crippen LogP contribution in [0.25, 0.3) is 10.2 Å². The molecule has 24 heavy (non-hydrogen) atoms. The number of amides is 1. The minimum Gasteiger partial charge on any atom is -0.351 e. The van der Waals surface area contributed by atoms with Crippen LogP contribution in [0.1, 0.15) is 33.8 Å². The molecule has 3 aromatic rings. The van der Waals surface area contributed by atoms with E-state index >= 15 is 0 Å². The number of rotatable bonds is 4. The molecule has 0 radical (unpaired) electrons. The molecule has 0 fully saturated rings. The van der Waals surface area contributed by atoms with Crippen LogP contribution < -0.4 is 5.32 Å². The Morgan fingerprint density at radius 2 is 2.04 bits per heavy atom. The first-order chi connectivity index (χ1) is 11.4. The van der Waals surface area contributed by atoms with Crippen molar-refractivity contribution in [2.24, 2.45) is 7.05 Å². The predicted octanol–water partition coefficient (Wildman–Crippen LogP) is 4.78. The molecule has 1 amide bonds. The molecule has 1 N–H and O–H groups in total. The fraction of sp³-hybridized carbons (Fsp3) is 0.294. The Morgan fingerprint density at radius 1 is 1.38 bits per heavy atom. The average Bonchev–Trinajstić information content (AvgIpc) is 3.07. The molecular formula is C17H17Cl2N3OS. The summed E-state index contributed by atoms with van der Waals surface area (Å²) in [5.74, 6) is -0.0708. The molecule has 0 saturated carbocycles. The van der Waals surface area contributed by atoms with Crippen molar-refractivity contribution < 1.29 is 4.79 Å². The summed E-state index contributed by atoms with van der Waals surface area (Å²) in [5, 5.41) is 9.58. The van der Waals surface area contributed by atoms with Crippen LogP contribution in [0.2, 0.25) is 10.0 Å². The first-order valence-corrected chi connectivity index (χ1v) is 9.11. The molecule has 0 aliphatic rings. The zero-order valence-electron chi connectivity index (χ0n) is 13.6. The summed E-state index contributed by atoms with van der Waals surface area (Å²) in [7, 11) is 1.88. The maximum atomic E-state index is 12.4. The van der Waals surface area contributed by atoms with Crippen molar-refractivity contribution in [2.45, 2.75) is 19.8 Å². The minimum atomic E-state index is -0.0920. The summed E-state index contributed by atoms with van der Waals surface area (Å²) < 4.78 is 1.80. The number of carbonyl (C=O) groups is 1. The van der Waals surface area contributed by atoms with E-state index in [1.807, 2.05) is 45.2 Å². The van der Waals surface area contributed by atoms with Crippen molar-refractivity contribution in [1.82, 2.24) is 15.1 Å². The van der Waals surface area contributed by atoms with Gasteiger partial charge < -0.3 is 5.32 Å². The van der Waals surface area contributed by atoms with E-state index in [1.54, 1.807) is 4.68 Å². The zero-order valence-corrected chi connectivity index (χ0v) is 15.9. The minimum absolute atomic E-state index is 0.0212. The van der Waals surface area contributed by atoms with Crippen molar-refractivity contribution in [3.8, 4) is 0 Å². The van der Waals surface area contributed by atoms with E-state index in [0.29, 0.717) is 21.5 Å². The molecule has 0 aliphatic carbocycles. The van der Waals surface area contributed by atoms with Gasteiger partial charge in [0.1, 0.15) is 4.83 Å². The number of hydrogen-bond donors (Lipinski definition) is 1. The highest BCUT2D eigenvalue weighted by molar-refractivity contribution is 7.20. The van der Waals surface area contributed by atoms with Gasteiger partial charge in [-0.2, -0.15) is 5.10 Å². The Hall–Kier alpha value is -1.56. The third kappa shape index (κ3) is 3.16. The van der Waals surface area contributed by atoms with E-state index in [2.05, 4.69) is 10.4 Å². The van der Waals surface area contributed by atoms with Gasteiger partial charge >= 0.3 is 0 Å². The van der Waals surface area contributed by atoms with E-state index in [-0.39, 0.29) is 11.8 Å². The van der Waals surface area contributed by atoms with Gasteiger partial charge in [0.15, 0.2) is 0 Å². The maximum Gasteiger partial charge on any atom is 0.261 e. The van der Waals surface area contributed by atoms with Crippen molar-refractivity contribution in [1.29, 1.82) is 0 Å². The zero-order chi connectivity index (χ0) is 17.4. The summed E-state index contributed by atoms with van der Waals surface area (Å²) in [5.41, 5.74) is 1.79. The standard InChI is InChI=1S/C17H17Cl2N3OS/c1-9(15-12(18)5-4-6-13(15)19)8-20-16(23)14-7-11-10(2)21-22(3)17(11)24-14/h4-7,9H,8H2,1-3H3,(H,20,23). The van der Waals surface area contributed by atoms with Gasteiger partial charge in [-0.15, -0.1) is 11.3 Å². The van der Waals surface area contributed by atoms with Gasteiger partial charge in [-0.25, -0.2) is 0 Å². The lowest BCUT2D eigenvalue weighted by molar-refractivity contribution is 0.0956. The van der Waals surface area contributed by atoms with E-state index in [4.69, 9.17) is 23.2 Å². The van der Waals surface area contributed by atoms with Crippen LogP contribution in [0, 0.1) is 6.92 Å². The van der Waals surface area contributed by atoms with Crippen LogP contribution in [-0.4, -0.2) is 22.2 Å². The highest BCUT2D eigenvalue weighted by atomic mass is 35.5. The summed E-state index contributed by atoms with van der Waals surface area (Å²) in [6.07, 6.45) is 0. The molecular weight excluding hydrogens is 365 g/mol. The quantitative estimate of drug-likeness (QED) is 0.706. The molecule has 7 heteroatoms. The lowest BCUT2D eigenvalue weighted by Gasteiger charge is -2.15. The van der Waals surface area contributed by atoms with Gasteiger partial charge in [0.05, 0.1) is 10.6 Å². The van der Waals surface area contributed by atoms with Crippen molar-refractivity contribution in [3.05, 3.63) is 50.4 Å². The molecule has 4 nitrogen and oxygen atoms in total. The summed E-state index contributed by atoms with van der Waals surface area (Å²) in [6, 6.07) is 7.32. The van der Waals surface area contributed by atoms with Gasteiger partial charge in [0, 0.05) is 34.9 Å². The number of benzene rings is 1. The highest BCUT2D eigenvalue weighted by Crippen LogP contribution is 2.31. The Labute approximate surface area is 154 Å². The number of thiophene rings is 1. The summed E-state index contributed by atoms with van der Waals surface area (Å²) in [4.78, 5) is 14.1. The highest BCUT2D eigenvalue weighted by Gasteiger charge is 2.18. The second-order valence-electron chi connectivity index (χ2n) is 5.78. The number of hydrogen-bond acceptors (Lipinski definition) is 3. The monoisotopic (exact) mass is 381 g/mol. The molecule has 1 unspecified atom stereocenters. The maximum absolute atomic E-state index is 12.4. The Kier molecular flexibility index (Phi) is 4.85. The molecule has 0 bridgehead atoms. The van der Waals surface area contributed by atoms with Gasteiger partial charge in [-0.05, 0) is 30.7 Å². The lowest BCUT2D eigenvalue weighted by atomic mass is 10.0. The van der Waals surface area contributed by atoms with E-state index in [9.17, 15) is 4.79 Å². The SMILES string of the molecule is Cc1nn(C)c2sc(C(=O)NCC(C)c3c(Cl)cccc3Cl)cc12. The summed E-state index contributed by atoms with van der Waals surface area (Å²) >= 11 is 13.9. The molecule has 0 saturated heterocycles. The van der Waals surface area contributed by atoms with E-state index < -0.39 is 0 Å². The fourth-order valence-electron chi connectivity index (χ4n) is 2.73. The Bertz CT molecular complexity index is 861.